The standard InChI is InChI=1S/C20H23NO4S/c1-12-8-9-17-14(10-12)11-18(26-17)20(23)25-13(2)19(22)21-15-6-4-5-7-16(15)24-3/h4-7,11-13H,8-10H2,1-3H3,(H,21,22)/t12-,13+/m1/s1. The van der Waals surface area contributed by atoms with Gasteiger partial charge in [0.15, 0.2) is 6.10 Å². The summed E-state index contributed by atoms with van der Waals surface area (Å²) in [5.74, 6) is 0.364. The van der Waals surface area contributed by atoms with Crippen LogP contribution < -0.4 is 10.1 Å². The topological polar surface area (TPSA) is 64.6 Å². The second kappa shape index (κ2) is 7.91. The first-order chi connectivity index (χ1) is 12.5. The molecular formula is C20H23NO4S. The number of fused-ring (bicyclic) bond motifs is 1. The van der Waals surface area contributed by atoms with Crippen molar-refractivity contribution >= 4 is 28.9 Å². The highest BCUT2D eigenvalue weighted by molar-refractivity contribution is 7.14. The summed E-state index contributed by atoms with van der Waals surface area (Å²) in [6.45, 7) is 3.79. The van der Waals surface area contributed by atoms with Gasteiger partial charge in [-0.05, 0) is 55.9 Å². The predicted octanol–water partition coefficient (Wildman–Crippen LogP) is 4.07. The number of amides is 1. The number of thiophene rings is 1. The summed E-state index contributed by atoms with van der Waals surface area (Å²) in [6, 6.07) is 9.02. The fraction of sp³-hybridized carbons (Fsp3) is 0.400. The molecule has 0 unspecified atom stereocenters. The molecule has 1 aliphatic rings. The van der Waals surface area contributed by atoms with Crippen molar-refractivity contribution in [1.82, 2.24) is 0 Å². The molecule has 1 aromatic heterocycles. The summed E-state index contributed by atoms with van der Waals surface area (Å²) in [7, 11) is 1.54. The summed E-state index contributed by atoms with van der Waals surface area (Å²) in [5, 5.41) is 2.74. The van der Waals surface area contributed by atoms with Gasteiger partial charge in [0.25, 0.3) is 5.91 Å². The molecule has 1 amide bonds. The van der Waals surface area contributed by atoms with Crippen LogP contribution in [0.25, 0.3) is 0 Å². The third kappa shape index (κ3) is 4.07. The smallest absolute Gasteiger partial charge is 0.349 e. The molecule has 1 aliphatic carbocycles. The van der Waals surface area contributed by atoms with Crippen LogP contribution in [0.4, 0.5) is 5.69 Å². The van der Waals surface area contributed by atoms with E-state index in [1.54, 1.807) is 25.1 Å². The average molecular weight is 373 g/mol. The summed E-state index contributed by atoms with van der Waals surface area (Å²) < 4.78 is 10.6. The third-order valence-electron chi connectivity index (χ3n) is 4.55. The van der Waals surface area contributed by atoms with Crippen LogP contribution in [0.5, 0.6) is 5.75 Å². The van der Waals surface area contributed by atoms with Crippen LogP contribution in [-0.4, -0.2) is 25.1 Å². The number of rotatable bonds is 5. The van der Waals surface area contributed by atoms with Crippen LogP contribution in [0, 0.1) is 5.92 Å². The Morgan fingerprint density at radius 1 is 1.31 bits per heavy atom. The quantitative estimate of drug-likeness (QED) is 0.803. The molecule has 0 aliphatic heterocycles. The van der Waals surface area contributed by atoms with E-state index in [4.69, 9.17) is 9.47 Å². The lowest BCUT2D eigenvalue weighted by Crippen LogP contribution is -2.29. The zero-order valence-electron chi connectivity index (χ0n) is 15.2. The summed E-state index contributed by atoms with van der Waals surface area (Å²) in [6.07, 6.45) is 2.27. The lowest BCUT2D eigenvalue weighted by molar-refractivity contribution is -0.123. The van der Waals surface area contributed by atoms with Crippen molar-refractivity contribution in [2.75, 3.05) is 12.4 Å². The van der Waals surface area contributed by atoms with Gasteiger partial charge in [0.05, 0.1) is 12.8 Å². The number of anilines is 1. The van der Waals surface area contributed by atoms with Crippen molar-refractivity contribution in [3.63, 3.8) is 0 Å². The second-order valence-electron chi connectivity index (χ2n) is 6.64. The molecule has 2 aromatic rings. The van der Waals surface area contributed by atoms with Crippen LogP contribution in [0.15, 0.2) is 30.3 Å². The number of carbonyl (C=O) groups excluding carboxylic acids is 2. The molecule has 1 N–H and O–H groups in total. The molecule has 5 nitrogen and oxygen atoms in total. The van der Waals surface area contributed by atoms with Gasteiger partial charge >= 0.3 is 5.97 Å². The lowest BCUT2D eigenvalue weighted by atomic mass is 9.90. The Bertz CT molecular complexity index is 814. The minimum absolute atomic E-state index is 0.391. The molecule has 3 rings (SSSR count). The molecule has 0 fully saturated rings. The third-order valence-corrected chi connectivity index (χ3v) is 5.77. The van der Waals surface area contributed by atoms with Crippen LogP contribution in [0.3, 0.4) is 0 Å². The minimum atomic E-state index is -0.898. The maximum Gasteiger partial charge on any atom is 0.349 e. The fourth-order valence-electron chi connectivity index (χ4n) is 3.06. The maximum absolute atomic E-state index is 12.4. The summed E-state index contributed by atoms with van der Waals surface area (Å²) >= 11 is 1.48. The van der Waals surface area contributed by atoms with Gasteiger partial charge in [-0.15, -0.1) is 11.3 Å². The van der Waals surface area contributed by atoms with E-state index in [9.17, 15) is 9.59 Å². The van der Waals surface area contributed by atoms with Gasteiger partial charge in [-0.25, -0.2) is 4.79 Å². The molecule has 0 bridgehead atoms. The van der Waals surface area contributed by atoms with Crippen molar-refractivity contribution in [3.05, 3.63) is 45.6 Å². The predicted molar refractivity (Wildman–Crippen MR) is 102 cm³/mol. The van der Waals surface area contributed by atoms with Crippen molar-refractivity contribution < 1.29 is 19.1 Å². The number of aryl methyl sites for hydroxylation is 1. The van der Waals surface area contributed by atoms with E-state index in [-0.39, 0.29) is 0 Å². The van der Waals surface area contributed by atoms with Gasteiger partial charge in [0.1, 0.15) is 10.6 Å². The number of nitrogens with one attached hydrogen (secondary N) is 1. The Hall–Kier alpha value is -2.34. The van der Waals surface area contributed by atoms with Gasteiger partial charge in [-0.3, -0.25) is 4.79 Å². The molecule has 6 heteroatoms. The first-order valence-corrected chi connectivity index (χ1v) is 9.56. The van der Waals surface area contributed by atoms with E-state index in [0.29, 0.717) is 22.2 Å². The normalized spacial score (nSPS) is 17.1. The number of hydrogen-bond acceptors (Lipinski definition) is 5. The number of ether oxygens (including phenoxy) is 2. The molecule has 2 atom stereocenters. The van der Waals surface area contributed by atoms with Crippen LogP contribution in [-0.2, 0) is 22.4 Å². The molecule has 0 spiro atoms. The highest BCUT2D eigenvalue weighted by Crippen LogP contribution is 2.32. The Balaban J connectivity index is 1.63. The van der Waals surface area contributed by atoms with Crippen molar-refractivity contribution in [3.8, 4) is 5.75 Å². The number of benzene rings is 1. The average Bonchev–Trinajstić information content (AvgIpc) is 3.05. The number of para-hydroxylation sites is 2. The molecular weight excluding hydrogens is 350 g/mol. The van der Waals surface area contributed by atoms with Crippen molar-refractivity contribution in [2.45, 2.75) is 39.2 Å². The monoisotopic (exact) mass is 373 g/mol. The molecule has 0 saturated carbocycles. The van der Waals surface area contributed by atoms with Gasteiger partial charge in [0.2, 0.25) is 0 Å². The minimum Gasteiger partial charge on any atom is -0.495 e. The van der Waals surface area contributed by atoms with E-state index in [1.807, 2.05) is 12.1 Å². The SMILES string of the molecule is COc1ccccc1NC(=O)[C@H](C)OC(=O)c1cc2c(s1)CC[C@@H](C)C2. The molecule has 138 valence electrons. The van der Waals surface area contributed by atoms with Crippen LogP contribution in [0.1, 0.15) is 40.4 Å². The maximum atomic E-state index is 12.4. The van der Waals surface area contributed by atoms with Gasteiger partial charge in [-0.2, -0.15) is 0 Å². The molecule has 1 heterocycles. The van der Waals surface area contributed by atoms with E-state index in [2.05, 4.69) is 12.2 Å². The zero-order valence-corrected chi connectivity index (χ0v) is 16.0. The van der Waals surface area contributed by atoms with Gasteiger partial charge in [-0.1, -0.05) is 19.1 Å². The number of esters is 1. The Morgan fingerprint density at radius 2 is 2.08 bits per heavy atom. The van der Waals surface area contributed by atoms with E-state index in [1.165, 1.54) is 28.9 Å². The second-order valence-corrected chi connectivity index (χ2v) is 7.78. The van der Waals surface area contributed by atoms with Gasteiger partial charge in [0, 0.05) is 4.88 Å². The van der Waals surface area contributed by atoms with Crippen molar-refractivity contribution in [1.29, 1.82) is 0 Å². The lowest BCUT2D eigenvalue weighted by Gasteiger charge is -2.16. The van der Waals surface area contributed by atoms with Gasteiger partial charge < -0.3 is 14.8 Å². The molecule has 0 radical (unpaired) electrons. The highest BCUT2D eigenvalue weighted by Gasteiger charge is 2.24. The summed E-state index contributed by atoms with van der Waals surface area (Å²) in [4.78, 5) is 26.6. The molecule has 0 saturated heterocycles. The van der Waals surface area contributed by atoms with Crippen molar-refractivity contribution in [2.24, 2.45) is 5.92 Å². The highest BCUT2D eigenvalue weighted by atomic mass is 32.1. The number of carbonyl (C=O) groups is 2. The number of hydrogen-bond donors (Lipinski definition) is 1. The van der Waals surface area contributed by atoms with E-state index < -0.39 is 18.0 Å². The van der Waals surface area contributed by atoms with E-state index in [0.717, 1.165) is 19.3 Å². The first-order valence-electron chi connectivity index (χ1n) is 8.74. The Morgan fingerprint density at radius 3 is 2.85 bits per heavy atom. The van der Waals surface area contributed by atoms with Crippen LogP contribution >= 0.6 is 11.3 Å². The number of methoxy groups -OCH3 is 1. The largest absolute Gasteiger partial charge is 0.495 e. The van der Waals surface area contributed by atoms with Crippen LogP contribution in [0.2, 0.25) is 0 Å². The Kier molecular flexibility index (Phi) is 5.61. The Labute approximate surface area is 157 Å². The first kappa shape index (κ1) is 18.5. The van der Waals surface area contributed by atoms with E-state index >= 15 is 0 Å². The molecule has 26 heavy (non-hydrogen) atoms. The molecule has 1 aromatic carbocycles. The fourth-order valence-corrected chi connectivity index (χ4v) is 4.15. The zero-order chi connectivity index (χ0) is 18.7. The summed E-state index contributed by atoms with van der Waals surface area (Å²) in [5.41, 5.74) is 1.79.